The van der Waals surface area contributed by atoms with Crippen LogP contribution in [0.2, 0.25) is 0 Å². The van der Waals surface area contributed by atoms with Crippen LogP contribution in [0.1, 0.15) is 19.4 Å². The molecular weight excluding hydrogens is 327 g/mol. The van der Waals surface area contributed by atoms with Gasteiger partial charge < -0.3 is 19.7 Å². The van der Waals surface area contributed by atoms with Crippen molar-refractivity contribution in [3.63, 3.8) is 0 Å². The van der Waals surface area contributed by atoms with Crippen molar-refractivity contribution >= 4 is 17.0 Å². The summed E-state index contributed by atoms with van der Waals surface area (Å²) in [5.74, 6) is -1.06. The van der Waals surface area contributed by atoms with Crippen molar-refractivity contribution in [2.75, 3.05) is 24.7 Å². The van der Waals surface area contributed by atoms with E-state index in [9.17, 15) is 23.4 Å². The Balaban J connectivity index is 1.99. The summed E-state index contributed by atoms with van der Waals surface area (Å²) in [6, 6.07) is -0.942. The van der Waals surface area contributed by atoms with Gasteiger partial charge in [-0.25, -0.2) is 15.0 Å². The van der Waals surface area contributed by atoms with Crippen LogP contribution in [0.25, 0.3) is 11.2 Å². The summed E-state index contributed by atoms with van der Waals surface area (Å²) in [6.07, 6.45) is -1.57. The van der Waals surface area contributed by atoms with Gasteiger partial charge in [0, 0.05) is 12.6 Å². The Labute approximate surface area is 135 Å². The number of fused-ring (bicyclic) bond motifs is 1. The Morgan fingerprint density at radius 3 is 2.54 bits per heavy atom. The van der Waals surface area contributed by atoms with E-state index in [0.717, 1.165) is 0 Å². The van der Waals surface area contributed by atoms with Crippen molar-refractivity contribution < 1.29 is 23.4 Å². The van der Waals surface area contributed by atoms with Crippen LogP contribution in [0.15, 0.2) is 12.7 Å². The van der Waals surface area contributed by atoms with Crippen LogP contribution in [0.3, 0.4) is 0 Å². The summed E-state index contributed by atoms with van der Waals surface area (Å²) in [5.41, 5.74) is 0.731. The first-order chi connectivity index (χ1) is 11.4. The number of aliphatic hydroxyl groups is 2. The molecule has 3 heterocycles. The summed E-state index contributed by atoms with van der Waals surface area (Å²) in [7, 11) is 0. The molecule has 0 unspecified atom stereocenters. The third-order valence-electron chi connectivity index (χ3n) is 4.46. The number of alkyl halides is 3. The van der Waals surface area contributed by atoms with Crippen LogP contribution >= 0.6 is 0 Å². The summed E-state index contributed by atoms with van der Waals surface area (Å²) < 4.78 is 40.5. The maximum absolute atomic E-state index is 13.0. The van der Waals surface area contributed by atoms with Crippen molar-refractivity contribution in [2.45, 2.75) is 31.6 Å². The first-order valence-electron chi connectivity index (χ1n) is 7.59. The second-order valence-electron chi connectivity index (χ2n) is 6.02. The average Bonchev–Trinajstić information content (AvgIpc) is 3.12. The number of aliphatic hydroxyl groups excluding tert-OH is 2. The molecule has 2 N–H and O–H groups in total. The zero-order chi connectivity index (χ0) is 17.5. The summed E-state index contributed by atoms with van der Waals surface area (Å²) in [6.45, 7) is 0.934. The van der Waals surface area contributed by atoms with Gasteiger partial charge in [-0.05, 0) is 13.3 Å². The van der Waals surface area contributed by atoms with Crippen LogP contribution in [0.4, 0.5) is 19.0 Å². The Bertz CT molecular complexity index is 716. The number of halogens is 3. The minimum absolute atomic E-state index is 0.00557. The monoisotopic (exact) mass is 345 g/mol. The van der Waals surface area contributed by atoms with E-state index in [1.54, 1.807) is 11.8 Å². The smallest absolute Gasteiger partial charge is 0.393 e. The standard InChI is InChI=1S/C14H18F3N5O2/c1-8-2-9(14(15,16)17)3-21(8)12-11-13(19-6-18-12)22(7-20-11)10(4-23)5-24/h6-10,23-24H,2-5H2,1H3/t8-,9+/m1/s1. The molecule has 1 fully saturated rings. The van der Waals surface area contributed by atoms with Gasteiger partial charge in [-0.15, -0.1) is 0 Å². The first-order valence-corrected chi connectivity index (χ1v) is 7.59. The van der Waals surface area contributed by atoms with E-state index in [4.69, 9.17) is 0 Å². The van der Waals surface area contributed by atoms with Crippen molar-refractivity contribution in [1.29, 1.82) is 0 Å². The molecule has 0 aliphatic carbocycles. The molecule has 1 aliphatic rings. The van der Waals surface area contributed by atoms with Gasteiger partial charge in [-0.1, -0.05) is 0 Å². The van der Waals surface area contributed by atoms with Gasteiger partial charge in [-0.2, -0.15) is 13.2 Å². The molecule has 1 saturated heterocycles. The van der Waals surface area contributed by atoms with E-state index in [2.05, 4.69) is 15.0 Å². The van der Waals surface area contributed by atoms with Crippen molar-refractivity contribution in [1.82, 2.24) is 19.5 Å². The minimum Gasteiger partial charge on any atom is -0.394 e. The molecule has 24 heavy (non-hydrogen) atoms. The molecule has 2 atom stereocenters. The third kappa shape index (κ3) is 2.80. The van der Waals surface area contributed by atoms with Crippen LogP contribution in [0, 0.1) is 5.92 Å². The predicted octanol–water partition coefficient (Wildman–Crippen LogP) is 1.13. The molecule has 2 aromatic rings. The third-order valence-corrected chi connectivity index (χ3v) is 4.46. The fourth-order valence-electron chi connectivity index (χ4n) is 3.11. The molecule has 7 nitrogen and oxygen atoms in total. The number of aromatic nitrogens is 4. The molecule has 10 heteroatoms. The number of imidazole rings is 1. The van der Waals surface area contributed by atoms with Gasteiger partial charge in [-0.3, -0.25) is 0 Å². The molecule has 0 amide bonds. The zero-order valence-electron chi connectivity index (χ0n) is 13.0. The molecule has 132 valence electrons. The van der Waals surface area contributed by atoms with Crippen molar-refractivity contribution in [2.24, 2.45) is 5.92 Å². The summed E-state index contributed by atoms with van der Waals surface area (Å²) in [4.78, 5) is 14.0. The largest absolute Gasteiger partial charge is 0.394 e. The molecule has 0 bridgehead atoms. The van der Waals surface area contributed by atoms with E-state index in [0.29, 0.717) is 17.0 Å². The van der Waals surface area contributed by atoms with E-state index >= 15 is 0 Å². The van der Waals surface area contributed by atoms with Gasteiger partial charge in [0.15, 0.2) is 17.0 Å². The highest BCUT2D eigenvalue weighted by atomic mass is 19.4. The average molecular weight is 345 g/mol. The molecule has 0 spiro atoms. The van der Waals surface area contributed by atoms with Crippen molar-refractivity contribution in [3.05, 3.63) is 12.7 Å². The van der Waals surface area contributed by atoms with Crippen LogP contribution in [-0.2, 0) is 0 Å². The Morgan fingerprint density at radius 1 is 1.25 bits per heavy atom. The first kappa shape index (κ1) is 16.9. The highest BCUT2D eigenvalue weighted by Crippen LogP contribution is 2.39. The van der Waals surface area contributed by atoms with Gasteiger partial charge in [0.05, 0.1) is 31.5 Å². The maximum Gasteiger partial charge on any atom is 0.393 e. The predicted molar refractivity (Wildman–Crippen MR) is 79.5 cm³/mol. The number of anilines is 1. The highest BCUT2D eigenvalue weighted by Gasteiger charge is 2.47. The lowest BCUT2D eigenvalue weighted by Crippen LogP contribution is -2.30. The van der Waals surface area contributed by atoms with E-state index in [1.807, 2.05) is 0 Å². The van der Waals surface area contributed by atoms with Gasteiger partial charge in [0.1, 0.15) is 6.33 Å². The number of hydrogen-bond donors (Lipinski definition) is 2. The molecule has 2 aromatic heterocycles. The van der Waals surface area contributed by atoms with Gasteiger partial charge in [0.25, 0.3) is 0 Å². The lowest BCUT2D eigenvalue weighted by Gasteiger charge is -2.23. The topological polar surface area (TPSA) is 87.3 Å². The molecule has 0 aromatic carbocycles. The van der Waals surface area contributed by atoms with Crippen LogP contribution in [-0.4, -0.2) is 61.7 Å². The molecular formula is C14H18F3N5O2. The van der Waals surface area contributed by atoms with E-state index in [1.165, 1.54) is 17.2 Å². The fourth-order valence-corrected chi connectivity index (χ4v) is 3.11. The SMILES string of the molecule is C[C@@H]1C[C@H](C(F)(F)F)CN1c1ncnc2c1ncn2C(CO)CO. The molecule has 0 radical (unpaired) electrons. The number of rotatable bonds is 4. The Hall–Kier alpha value is -1.94. The highest BCUT2D eigenvalue weighted by molar-refractivity contribution is 5.83. The van der Waals surface area contributed by atoms with Gasteiger partial charge in [0.2, 0.25) is 0 Å². The van der Waals surface area contributed by atoms with E-state index < -0.39 is 18.1 Å². The minimum atomic E-state index is -4.24. The number of hydrogen-bond acceptors (Lipinski definition) is 6. The lowest BCUT2D eigenvalue weighted by molar-refractivity contribution is -0.168. The normalized spacial score (nSPS) is 22.0. The summed E-state index contributed by atoms with van der Waals surface area (Å²) >= 11 is 0. The quantitative estimate of drug-likeness (QED) is 0.864. The molecule has 0 saturated carbocycles. The van der Waals surface area contributed by atoms with Crippen LogP contribution in [0.5, 0.6) is 0 Å². The second kappa shape index (κ2) is 6.17. The lowest BCUT2D eigenvalue weighted by atomic mass is 10.1. The number of nitrogens with zero attached hydrogens (tertiary/aromatic N) is 5. The van der Waals surface area contributed by atoms with Crippen molar-refractivity contribution in [3.8, 4) is 0 Å². The fraction of sp³-hybridized carbons (Fsp3) is 0.643. The zero-order valence-corrected chi connectivity index (χ0v) is 13.0. The molecule has 3 rings (SSSR count). The summed E-state index contributed by atoms with van der Waals surface area (Å²) in [5, 5.41) is 18.6. The second-order valence-corrected chi connectivity index (χ2v) is 6.02. The van der Waals surface area contributed by atoms with Gasteiger partial charge >= 0.3 is 6.18 Å². The van der Waals surface area contributed by atoms with E-state index in [-0.39, 0.29) is 32.2 Å². The Kier molecular flexibility index (Phi) is 4.35. The maximum atomic E-state index is 13.0. The van der Waals surface area contributed by atoms with Crippen LogP contribution < -0.4 is 4.90 Å². The Morgan fingerprint density at radius 2 is 1.96 bits per heavy atom. The molecule has 1 aliphatic heterocycles.